The molecule has 0 spiro atoms. The molecule has 0 aliphatic carbocycles. The van der Waals surface area contributed by atoms with E-state index in [1.165, 1.54) is 0 Å². The average Bonchev–Trinajstić information content (AvgIpc) is 2.25. The molecule has 76 valence electrons. The molecule has 0 atom stereocenters. The molecule has 0 heterocycles. The fourth-order valence-corrected chi connectivity index (χ4v) is 1.29. The third-order valence-corrected chi connectivity index (χ3v) is 2.10. The molecule has 0 radical (unpaired) electrons. The predicted molar refractivity (Wildman–Crippen MR) is 62.5 cm³/mol. The van der Waals surface area contributed by atoms with Crippen molar-refractivity contribution in [2.24, 2.45) is 0 Å². The van der Waals surface area contributed by atoms with Crippen LogP contribution in [0.2, 0.25) is 0 Å². The summed E-state index contributed by atoms with van der Waals surface area (Å²) in [5.41, 5.74) is 2.78. The average molecular weight is 198 g/mol. The van der Waals surface area contributed by atoms with Gasteiger partial charge in [0.15, 0.2) is 0 Å². The first-order chi connectivity index (χ1) is 7.27. The molecule has 0 saturated carbocycles. The van der Waals surface area contributed by atoms with Gasteiger partial charge < -0.3 is 5.32 Å². The molecule has 0 bridgehead atoms. The molecule has 0 amide bonds. The van der Waals surface area contributed by atoms with E-state index in [0.717, 1.165) is 29.8 Å². The van der Waals surface area contributed by atoms with E-state index in [1.54, 1.807) is 0 Å². The van der Waals surface area contributed by atoms with E-state index in [4.69, 9.17) is 5.26 Å². The number of aryl methyl sites for hydroxylation is 1. The van der Waals surface area contributed by atoms with E-state index >= 15 is 0 Å². The maximum absolute atomic E-state index is 8.77. The Hall–Kier alpha value is -1.93. The smallest absolute Gasteiger partial charge is 0.0994 e. The minimum atomic E-state index is 0.730. The van der Waals surface area contributed by atoms with E-state index in [2.05, 4.69) is 23.2 Å². The number of rotatable bonds is 3. The van der Waals surface area contributed by atoms with Crippen LogP contribution in [-0.2, 0) is 0 Å². The van der Waals surface area contributed by atoms with Gasteiger partial charge in [-0.05, 0) is 37.6 Å². The summed E-state index contributed by atoms with van der Waals surface area (Å²) >= 11 is 0. The molecule has 0 aliphatic heterocycles. The van der Waals surface area contributed by atoms with Crippen LogP contribution in [0.15, 0.2) is 18.2 Å². The predicted octanol–water partition coefficient (Wildman–Crippen LogP) is 2.69. The molecule has 1 N–H and O–H groups in total. The largest absolute Gasteiger partial charge is 0.384 e. The fourth-order valence-electron chi connectivity index (χ4n) is 1.29. The summed E-state index contributed by atoms with van der Waals surface area (Å²) in [6.07, 6.45) is 0.843. The zero-order valence-electron chi connectivity index (χ0n) is 9.09. The maximum atomic E-state index is 8.77. The highest BCUT2D eigenvalue weighted by Gasteiger charge is 1.97. The van der Waals surface area contributed by atoms with Crippen LogP contribution in [0, 0.1) is 30.1 Å². The van der Waals surface area contributed by atoms with Crippen molar-refractivity contribution >= 4 is 5.69 Å². The van der Waals surface area contributed by atoms with Crippen molar-refractivity contribution in [3.8, 4) is 17.9 Å². The molecule has 0 unspecified atom stereocenters. The van der Waals surface area contributed by atoms with Crippen LogP contribution in [0.5, 0.6) is 0 Å². The lowest BCUT2D eigenvalue weighted by atomic mass is 10.1. The molecule has 0 aromatic heterocycles. The molecule has 0 fully saturated rings. The van der Waals surface area contributed by atoms with Gasteiger partial charge in [0.1, 0.15) is 0 Å². The Morgan fingerprint density at radius 2 is 2.20 bits per heavy atom. The number of nitriles is 1. The van der Waals surface area contributed by atoms with Gasteiger partial charge in [-0.3, -0.25) is 0 Å². The minimum Gasteiger partial charge on any atom is -0.384 e. The van der Waals surface area contributed by atoms with Crippen molar-refractivity contribution in [3.05, 3.63) is 29.3 Å². The first-order valence-electron chi connectivity index (χ1n) is 4.92. The first-order valence-corrected chi connectivity index (χ1v) is 4.92. The second kappa shape index (κ2) is 5.73. The van der Waals surface area contributed by atoms with E-state index in [0.29, 0.717) is 0 Å². The van der Waals surface area contributed by atoms with Crippen LogP contribution in [0.25, 0.3) is 0 Å². The van der Waals surface area contributed by atoms with Crippen molar-refractivity contribution < 1.29 is 0 Å². The van der Waals surface area contributed by atoms with Crippen molar-refractivity contribution in [1.82, 2.24) is 0 Å². The number of anilines is 1. The Morgan fingerprint density at radius 1 is 1.40 bits per heavy atom. The van der Waals surface area contributed by atoms with Crippen molar-refractivity contribution in [1.29, 1.82) is 5.26 Å². The number of hydrogen-bond donors (Lipinski definition) is 1. The Morgan fingerprint density at radius 3 is 2.80 bits per heavy atom. The highest BCUT2D eigenvalue weighted by molar-refractivity contribution is 5.51. The topological polar surface area (TPSA) is 35.8 Å². The van der Waals surface area contributed by atoms with Gasteiger partial charge in [-0.1, -0.05) is 0 Å². The summed E-state index contributed by atoms with van der Waals surface area (Å²) in [5, 5.41) is 12.0. The summed E-state index contributed by atoms with van der Waals surface area (Å²) < 4.78 is 0. The van der Waals surface area contributed by atoms with Crippen molar-refractivity contribution in [2.45, 2.75) is 20.3 Å². The summed E-state index contributed by atoms with van der Waals surface area (Å²) in [5.74, 6) is 5.84. The Balaban J connectivity index is 2.59. The van der Waals surface area contributed by atoms with Crippen LogP contribution in [0.4, 0.5) is 5.69 Å². The van der Waals surface area contributed by atoms with Crippen LogP contribution >= 0.6 is 0 Å². The lowest BCUT2D eigenvalue weighted by Crippen LogP contribution is -2.00. The highest BCUT2D eigenvalue weighted by Crippen LogP contribution is 2.13. The molecule has 1 aromatic carbocycles. The summed E-state index contributed by atoms with van der Waals surface area (Å²) in [7, 11) is 0. The van der Waals surface area contributed by atoms with Crippen molar-refractivity contribution in [2.75, 3.05) is 11.9 Å². The van der Waals surface area contributed by atoms with Gasteiger partial charge >= 0.3 is 0 Å². The van der Waals surface area contributed by atoms with E-state index < -0.39 is 0 Å². The Bertz CT molecular complexity index is 430. The van der Waals surface area contributed by atoms with E-state index in [9.17, 15) is 0 Å². The van der Waals surface area contributed by atoms with Crippen LogP contribution < -0.4 is 5.32 Å². The molecule has 0 saturated heterocycles. The Labute approximate surface area is 90.9 Å². The van der Waals surface area contributed by atoms with E-state index in [-0.39, 0.29) is 0 Å². The quantitative estimate of drug-likeness (QED) is 0.598. The zero-order chi connectivity index (χ0) is 11.1. The summed E-state index contributed by atoms with van der Waals surface area (Å²) in [6, 6.07) is 7.89. The molecule has 0 aliphatic rings. The number of nitrogens with one attached hydrogen (secondary N) is 1. The van der Waals surface area contributed by atoms with Gasteiger partial charge in [0, 0.05) is 18.7 Å². The standard InChI is InChI=1S/C13H14N2/c1-3-4-5-8-15-13-7-6-12(10-14)11(2)9-13/h6-7,9,15H,5,8H2,1-2H3. The normalized spacial score (nSPS) is 8.60. The second-order valence-corrected chi connectivity index (χ2v) is 3.25. The number of nitrogens with zero attached hydrogens (tertiary/aromatic N) is 1. The van der Waals surface area contributed by atoms with E-state index in [1.807, 2.05) is 32.0 Å². The first kappa shape index (κ1) is 11.1. The third kappa shape index (κ3) is 3.37. The Kier molecular flexibility index (Phi) is 4.26. The third-order valence-electron chi connectivity index (χ3n) is 2.10. The lowest BCUT2D eigenvalue weighted by molar-refractivity contribution is 1.09. The molecule has 15 heavy (non-hydrogen) atoms. The monoisotopic (exact) mass is 198 g/mol. The van der Waals surface area contributed by atoms with Crippen LogP contribution in [0.1, 0.15) is 24.5 Å². The van der Waals surface area contributed by atoms with Gasteiger partial charge in [-0.2, -0.15) is 5.26 Å². The molecular formula is C13H14N2. The van der Waals surface area contributed by atoms with Gasteiger partial charge in [0.2, 0.25) is 0 Å². The second-order valence-electron chi connectivity index (χ2n) is 3.25. The lowest BCUT2D eigenvalue weighted by Gasteiger charge is -2.05. The SMILES string of the molecule is CC#CCCNc1ccc(C#N)c(C)c1. The maximum Gasteiger partial charge on any atom is 0.0994 e. The van der Waals surface area contributed by atoms with Gasteiger partial charge in [-0.15, -0.1) is 11.8 Å². The van der Waals surface area contributed by atoms with Gasteiger partial charge in [0.25, 0.3) is 0 Å². The summed E-state index contributed by atoms with van der Waals surface area (Å²) in [6.45, 7) is 4.62. The minimum absolute atomic E-state index is 0.730. The fraction of sp³-hybridized carbons (Fsp3) is 0.308. The van der Waals surface area contributed by atoms with Gasteiger partial charge in [0.05, 0.1) is 11.6 Å². The molecule has 2 heteroatoms. The molecule has 1 rings (SSSR count). The molecule has 2 nitrogen and oxygen atoms in total. The zero-order valence-corrected chi connectivity index (χ0v) is 9.09. The molecular weight excluding hydrogens is 184 g/mol. The van der Waals surface area contributed by atoms with Gasteiger partial charge in [-0.25, -0.2) is 0 Å². The summed E-state index contributed by atoms with van der Waals surface area (Å²) in [4.78, 5) is 0. The number of benzene rings is 1. The van der Waals surface area contributed by atoms with Crippen LogP contribution in [0.3, 0.4) is 0 Å². The van der Waals surface area contributed by atoms with Crippen molar-refractivity contribution in [3.63, 3.8) is 0 Å². The highest BCUT2D eigenvalue weighted by atomic mass is 14.9. The van der Waals surface area contributed by atoms with Crippen LogP contribution in [-0.4, -0.2) is 6.54 Å². The molecule has 1 aromatic rings. The number of hydrogen-bond acceptors (Lipinski definition) is 2.